The molecule has 0 radical (unpaired) electrons. The Kier molecular flexibility index (Phi) is 5.71. The minimum Gasteiger partial charge on any atom is -0.396 e. The van der Waals surface area contributed by atoms with Gasteiger partial charge in [-0.25, -0.2) is 9.97 Å². The third-order valence-corrected chi connectivity index (χ3v) is 6.36. The van der Waals surface area contributed by atoms with Gasteiger partial charge in [-0.05, 0) is 37.7 Å². The van der Waals surface area contributed by atoms with Crippen molar-refractivity contribution in [1.82, 2.24) is 9.97 Å². The Morgan fingerprint density at radius 2 is 1.79 bits per heavy atom. The summed E-state index contributed by atoms with van der Waals surface area (Å²) in [7, 11) is 0. The SMILES string of the molecule is OCC1CCCN(c2cc(N3CCC(O)(c4ccccc4Cl)CC3)ncn2)C1. The van der Waals surface area contributed by atoms with Gasteiger partial charge in [0.25, 0.3) is 0 Å². The molecule has 1 aromatic heterocycles. The van der Waals surface area contributed by atoms with Crippen molar-refractivity contribution in [2.45, 2.75) is 31.3 Å². The summed E-state index contributed by atoms with van der Waals surface area (Å²) < 4.78 is 0. The van der Waals surface area contributed by atoms with E-state index < -0.39 is 5.60 Å². The summed E-state index contributed by atoms with van der Waals surface area (Å²) in [6.45, 7) is 3.43. The van der Waals surface area contributed by atoms with Crippen LogP contribution in [0.25, 0.3) is 0 Å². The summed E-state index contributed by atoms with van der Waals surface area (Å²) in [6, 6.07) is 9.57. The monoisotopic (exact) mass is 402 g/mol. The largest absolute Gasteiger partial charge is 0.396 e. The molecule has 1 atom stereocenters. The molecule has 2 fully saturated rings. The van der Waals surface area contributed by atoms with Crippen LogP contribution in [0.2, 0.25) is 5.02 Å². The van der Waals surface area contributed by atoms with Crippen LogP contribution in [0.4, 0.5) is 11.6 Å². The van der Waals surface area contributed by atoms with Crippen LogP contribution < -0.4 is 9.80 Å². The van der Waals surface area contributed by atoms with E-state index in [0.29, 0.717) is 36.9 Å². The van der Waals surface area contributed by atoms with E-state index in [1.165, 1.54) is 0 Å². The highest BCUT2D eigenvalue weighted by Gasteiger charge is 2.36. The third kappa shape index (κ3) is 3.95. The molecular formula is C21H27ClN4O2. The lowest BCUT2D eigenvalue weighted by Gasteiger charge is -2.39. The highest BCUT2D eigenvalue weighted by molar-refractivity contribution is 6.31. The molecule has 4 rings (SSSR count). The number of anilines is 2. The molecule has 150 valence electrons. The predicted molar refractivity (Wildman–Crippen MR) is 111 cm³/mol. The van der Waals surface area contributed by atoms with Crippen molar-refractivity contribution in [3.63, 3.8) is 0 Å². The molecule has 6 nitrogen and oxygen atoms in total. The van der Waals surface area contributed by atoms with Crippen molar-refractivity contribution in [2.75, 3.05) is 42.6 Å². The first-order chi connectivity index (χ1) is 13.6. The van der Waals surface area contributed by atoms with Crippen LogP contribution >= 0.6 is 11.6 Å². The van der Waals surface area contributed by atoms with Gasteiger partial charge in [0, 0.05) is 49.4 Å². The van der Waals surface area contributed by atoms with Crippen LogP contribution in [0.1, 0.15) is 31.2 Å². The first kappa shape index (κ1) is 19.4. The molecule has 2 N–H and O–H groups in total. The number of piperidine rings is 2. The lowest BCUT2D eigenvalue weighted by Crippen LogP contribution is -2.43. The van der Waals surface area contributed by atoms with Crippen LogP contribution in [0.5, 0.6) is 0 Å². The molecule has 2 aromatic rings. The molecule has 0 saturated carbocycles. The van der Waals surface area contributed by atoms with Gasteiger partial charge in [-0.3, -0.25) is 0 Å². The van der Waals surface area contributed by atoms with Crippen LogP contribution in [0, 0.1) is 5.92 Å². The van der Waals surface area contributed by atoms with E-state index >= 15 is 0 Å². The zero-order valence-electron chi connectivity index (χ0n) is 16.0. The van der Waals surface area contributed by atoms with Gasteiger partial charge >= 0.3 is 0 Å². The molecular weight excluding hydrogens is 376 g/mol. The van der Waals surface area contributed by atoms with Crippen molar-refractivity contribution < 1.29 is 10.2 Å². The van der Waals surface area contributed by atoms with E-state index in [1.807, 2.05) is 30.3 Å². The number of aliphatic hydroxyl groups is 2. The number of aromatic nitrogens is 2. The standard InChI is InChI=1S/C21H27ClN4O2/c22-18-6-2-1-5-17(18)21(28)7-10-25(11-8-21)19-12-20(24-15-23-19)26-9-3-4-16(13-26)14-27/h1-2,5-6,12,15-16,27-28H,3-4,7-11,13-14H2. The summed E-state index contributed by atoms with van der Waals surface area (Å²) in [5.74, 6) is 2.11. The number of rotatable bonds is 4. The second kappa shape index (κ2) is 8.23. The Morgan fingerprint density at radius 3 is 2.50 bits per heavy atom. The average molecular weight is 403 g/mol. The summed E-state index contributed by atoms with van der Waals surface area (Å²) in [4.78, 5) is 13.4. The predicted octanol–water partition coefficient (Wildman–Crippen LogP) is 2.83. The fraction of sp³-hybridized carbons (Fsp3) is 0.524. The van der Waals surface area contributed by atoms with Crippen molar-refractivity contribution >= 4 is 23.2 Å². The van der Waals surface area contributed by atoms with Crippen molar-refractivity contribution in [1.29, 1.82) is 0 Å². The van der Waals surface area contributed by atoms with Gasteiger partial charge in [0.2, 0.25) is 0 Å². The van der Waals surface area contributed by atoms with Crippen molar-refractivity contribution in [2.24, 2.45) is 5.92 Å². The van der Waals surface area contributed by atoms with Crippen LogP contribution in [-0.2, 0) is 5.60 Å². The zero-order chi connectivity index (χ0) is 19.6. The second-order valence-electron chi connectivity index (χ2n) is 7.87. The van der Waals surface area contributed by atoms with Gasteiger partial charge < -0.3 is 20.0 Å². The van der Waals surface area contributed by atoms with Crippen LogP contribution in [-0.4, -0.2) is 53.0 Å². The summed E-state index contributed by atoms with van der Waals surface area (Å²) in [5, 5.41) is 21.2. The topological polar surface area (TPSA) is 72.7 Å². The lowest BCUT2D eigenvalue weighted by molar-refractivity contribution is 0.0117. The molecule has 0 bridgehead atoms. The molecule has 2 aliphatic rings. The number of hydrogen-bond acceptors (Lipinski definition) is 6. The van der Waals surface area contributed by atoms with E-state index in [1.54, 1.807) is 6.33 Å². The van der Waals surface area contributed by atoms with Gasteiger partial charge in [-0.2, -0.15) is 0 Å². The van der Waals surface area contributed by atoms with E-state index in [9.17, 15) is 10.2 Å². The van der Waals surface area contributed by atoms with Crippen molar-refractivity contribution in [3.8, 4) is 0 Å². The molecule has 0 aliphatic carbocycles. The Labute approximate surface area is 170 Å². The Balaban J connectivity index is 1.46. The van der Waals surface area contributed by atoms with Gasteiger partial charge in [0.15, 0.2) is 0 Å². The normalized spacial score (nSPS) is 22.3. The first-order valence-corrected chi connectivity index (χ1v) is 10.4. The number of halogens is 1. The van der Waals surface area contributed by atoms with E-state index in [4.69, 9.17) is 11.6 Å². The van der Waals surface area contributed by atoms with Gasteiger partial charge in [-0.1, -0.05) is 29.8 Å². The summed E-state index contributed by atoms with van der Waals surface area (Å²) in [5.41, 5.74) is -0.0885. The smallest absolute Gasteiger partial charge is 0.134 e. The maximum atomic E-state index is 11.1. The summed E-state index contributed by atoms with van der Waals surface area (Å²) >= 11 is 6.31. The first-order valence-electron chi connectivity index (χ1n) is 9.99. The Bertz CT molecular complexity index is 810. The number of aliphatic hydroxyl groups excluding tert-OH is 1. The maximum absolute atomic E-state index is 11.1. The minimum absolute atomic E-state index is 0.223. The number of benzene rings is 1. The molecule has 2 saturated heterocycles. The molecule has 0 spiro atoms. The molecule has 0 amide bonds. The molecule has 2 aliphatic heterocycles. The van der Waals surface area contributed by atoms with E-state index in [-0.39, 0.29) is 6.61 Å². The van der Waals surface area contributed by atoms with Gasteiger partial charge in [-0.15, -0.1) is 0 Å². The quantitative estimate of drug-likeness (QED) is 0.819. The summed E-state index contributed by atoms with van der Waals surface area (Å²) in [6.07, 6.45) is 4.96. The van der Waals surface area contributed by atoms with Crippen LogP contribution in [0.15, 0.2) is 36.7 Å². The second-order valence-corrected chi connectivity index (χ2v) is 8.28. The van der Waals surface area contributed by atoms with Gasteiger partial charge in [0.05, 0.1) is 5.60 Å². The van der Waals surface area contributed by atoms with E-state index in [2.05, 4.69) is 19.8 Å². The number of nitrogens with zero attached hydrogens (tertiary/aromatic N) is 4. The van der Waals surface area contributed by atoms with E-state index in [0.717, 1.165) is 43.1 Å². The molecule has 7 heteroatoms. The van der Waals surface area contributed by atoms with Crippen LogP contribution in [0.3, 0.4) is 0 Å². The Morgan fingerprint density at radius 1 is 1.07 bits per heavy atom. The molecule has 3 heterocycles. The highest BCUT2D eigenvalue weighted by atomic mass is 35.5. The lowest BCUT2D eigenvalue weighted by atomic mass is 9.84. The van der Waals surface area contributed by atoms with Gasteiger partial charge in [0.1, 0.15) is 18.0 Å². The zero-order valence-corrected chi connectivity index (χ0v) is 16.7. The molecule has 28 heavy (non-hydrogen) atoms. The Hall–Kier alpha value is -1.89. The fourth-order valence-electron chi connectivity index (χ4n) is 4.32. The molecule has 1 aromatic carbocycles. The third-order valence-electron chi connectivity index (χ3n) is 6.03. The number of hydrogen-bond donors (Lipinski definition) is 2. The average Bonchev–Trinajstić information content (AvgIpc) is 2.74. The fourth-order valence-corrected chi connectivity index (χ4v) is 4.63. The van der Waals surface area contributed by atoms with Crippen molar-refractivity contribution in [3.05, 3.63) is 47.2 Å². The maximum Gasteiger partial charge on any atom is 0.134 e. The minimum atomic E-state index is -0.897. The highest BCUT2D eigenvalue weighted by Crippen LogP contribution is 2.37. The molecule has 1 unspecified atom stereocenters.